The number of nitrogens with zero attached hydrogens (tertiary/aromatic N) is 1. The molecule has 43 heavy (non-hydrogen) atoms. The van der Waals surface area contributed by atoms with E-state index in [4.69, 9.17) is 8.85 Å². The number of hydrogen-bond donors (Lipinski definition) is 1. The minimum atomic E-state index is -2.73. The minimum Gasteiger partial charge on any atom is -0.413 e. The van der Waals surface area contributed by atoms with Crippen molar-refractivity contribution in [3.05, 3.63) is 108 Å². The fourth-order valence-corrected chi connectivity index (χ4v) is 10.9. The first-order valence-electron chi connectivity index (χ1n) is 15.6. The predicted molar refractivity (Wildman–Crippen MR) is 188 cm³/mol. The summed E-state index contributed by atoms with van der Waals surface area (Å²) < 4.78 is 13.8. The lowest BCUT2D eigenvalue weighted by molar-refractivity contribution is 0.0818. The maximum Gasteiger partial charge on any atom is 0.261 e. The van der Waals surface area contributed by atoms with Crippen LogP contribution in [-0.4, -0.2) is 59.0 Å². The molecule has 3 aromatic rings. The van der Waals surface area contributed by atoms with Gasteiger partial charge in [-0.25, -0.2) is 0 Å². The highest BCUT2D eigenvalue weighted by Gasteiger charge is 2.50. The number of aliphatic hydroxyl groups excluding tert-OH is 1. The first-order chi connectivity index (χ1) is 20.2. The molecule has 0 aliphatic heterocycles. The summed E-state index contributed by atoms with van der Waals surface area (Å²) in [6.45, 7) is 23.0. The summed E-state index contributed by atoms with van der Waals surface area (Å²) in [5.41, 5.74) is 2.43. The summed E-state index contributed by atoms with van der Waals surface area (Å²) in [7, 11) is -4.57. The molecule has 3 rings (SSSR count). The van der Waals surface area contributed by atoms with Gasteiger partial charge in [-0.15, -0.1) is 0 Å². The zero-order valence-electron chi connectivity index (χ0n) is 28.1. The molecular formula is C37H55NO3Si2. The highest BCUT2D eigenvalue weighted by atomic mass is 28.4. The molecule has 0 spiro atoms. The Hall–Kier alpha value is -2.33. The molecule has 0 unspecified atom stereocenters. The van der Waals surface area contributed by atoms with Gasteiger partial charge in [0, 0.05) is 13.1 Å². The Morgan fingerprint density at radius 2 is 1.26 bits per heavy atom. The van der Waals surface area contributed by atoms with Crippen LogP contribution in [0.1, 0.15) is 54.0 Å². The zero-order valence-corrected chi connectivity index (χ0v) is 30.1. The fraction of sp³-hybridized carbons (Fsp3) is 0.459. The molecule has 1 atom stereocenters. The Labute approximate surface area is 264 Å². The van der Waals surface area contributed by atoms with Crippen LogP contribution in [0.15, 0.2) is 103 Å². The molecule has 234 valence electrons. The molecule has 0 saturated carbocycles. The first kappa shape index (κ1) is 35.2. The van der Waals surface area contributed by atoms with E-state index in [1.54, 1.807) is 0 Å². The van der Waals surface area contributed by atoms with Crippen molar-refractivity contribution in [3.8, 4) is 0 Å². The van der Waals surface area contributed by atoms with E-state index in [1.165, 1.54) is 21.5 Å². The van der Waals surface area contributed by atoms with Crippen LogP contribution < -0.4 is 10.4 Å². The van der Waals surface area contributed by atoms with Crippen molar-refractivity contribution in [3.63, 3.8) is 0 Å². The quantitative estimate of drug-likeness (QED) is 0.151. The third kappa shape index (κ3) is 9.10. The Bertz CT molecular complexity index is 1230. The van der Waals surface area contributed by atoms with E-state index in [0.717, 1.165) is 6.54 Å². The van der Waals surface area contributed by atoms with E-state index in [9.17, 15) is 5.11 Å². The van der Waals surface area contributed by atoms with Crippen molar-refractivity contribution in [1.82, 2.24) is 4.90 Å². The third-order valence-corrected chi connectivity index (χ3v) is 18.5. The lowest BCUT2D eigenvalue weighted by Crippen LogP contribution is -2.67. The maximum atomic E-state index is 10.8. The number of rotatable bonds is 14. The van der Waals surface area contributed by atoms with Gasteiger partial charge in [-0.1, -0.05) is 144 Å². The molecule has 0 bridgehead atoms. The van der Waals surface area contributed by atoms with Gasteiger partial charge in [0.15, 0.2) is 8.32 Å². The molecular weight excluding hydrogens is 563 g/mol. The molecule has 0 aliphatic carbocycles. The van der Waals surface area contributed by atoms with E-state index in [-0.39, 0.29) is 22.7 Å². The van der Waals surface area contributed by atoms with Crippen LogP contribution in [0.4, 0.5) is 0 Å². The van der Waals surface area contributed by atoms with Crippen LogP contribution in [0, 0.1) is 0 Å². The van der Waals surface area contributed by atoms with Crippen LogP contribution >= 0.6 is 0 Å². The molecule has 4 nitrogen and oxygen atoms in total. The summed E-state index contributed by atoms with van der Waals surface area (Å²) in [4.78, 5) is 2.35. The van der Waals surface area contributed by atoms with Gasteiger partial charge < -0.3 is 14.0 Å². The van der Waals surface area contributed by atoms with Crippen LogP contribution in [-0.2, 0) is 15.4 Å². The van der Waals surface area contributed by atoms with E-state index >= 15 is 0 Å². The standard InChI is InChI=1S/C37H55NO3Si2/c1-31(29-40-42(8,9)36(2,3)4)25-26-38(27-32-19-13-10-14-20-32)33(28-39)30-41-43(37(5,6)7,34-21-15-11-16-22-34)35-23-17-12-18-24-35/h10-25,33,39H,26-30H2,1-9H3/b31-25+/t33-/m0/s1. The van der Waals surface area contributed by atoms with Crippen molar-refractivity contribution in [2.24, 2.45) is 0 Å². The van der Waals surface area contributed by atoms with E-state index < -0.39 is 16.6 Å². The summed E-state index contributed by atoms with van der Waals surface area (Å²) >= 11 is 0. The largest absolute Gasteiger partial charge is 0.413 e. The van der Waals surface area contributed by atoms with Crippen LogP contribution in [0.2, 0.25) is 23.2 Å². The average molecular weight is 618 g/mol. The Balaban J connectivity index is 1.92. The third-order valence-electron chi connectivity index (χ3n) is 9.01. The van der Waals surface area contributed by atoms with E-state index in [2.05, 4.69) is 157 Å². The maximum absolute atomic E-state index is 10.8. The molecule has 3 aromatic carbocycles. The lowest BCUT2D eigenvalue weighted by atomic mass is 10.1. The Morgan fingerprint density at radius 1 is 0.767 bits per heavy atom. The van der Waals surface area contributed by atoms with E-state index in [1.807, 2.05) is 6.07 Å². The van der Waals surface area contributed by atoms with Gasteiger partial charge >= 0.3 is 0 Å². The van der Waals surface area contributed by atoms with Crippen molar-refractivity contribution in [1.29, 1.82) is 0 Å². The van der Waals surface area contributed by atoms with Crippen molar-refractivity contribution >= 4 is 27.0 Å². The molecule has 0 amide bonds. The van der Waals surface area contributed by atoms with Crippen molar-refractivity contribution in [2.45, 2.75) is 84.2 Å². The molecule has 0 aliphatic rings. The number of hydrogen-bond acceptors (Lipinski definition) is 4. The minimum absolute atomic E-state index is 0.0123. The van der Waals surface area contributed by atoms with Crippen LogP contribution in [0.25, 0.3) is 0 Å². The van der Waals surface area contributed by atoms with Crippen LogP contribution in [0.5, 0.6) is 0 Å². The summed E-state index contributed by atoms with van der Waals surface area (Å²) in [5, 5.41) is 13.4. The SMILES string of the molecule is C/C(=C\CN(Cc1ccccc1)[C@@H](CO)CO[Si](c1ccccc1)(c1ccccc1)C(C)(C)C)CO[Si](C)(C)C(C)(C)C. The first-order valence-corrected chi connectivity index (χ1v) is 20.5. The van der Waals surface area contributed by atoms with Gasteiger partial charge in [0.1, 0.15) is 0 Å². The fourth-order valence-electron chi connectivity index (χ4n) is 5.26. The molecule has 0 aromatic heterocycles. The summed E-state index contributed by atoms with van der Waals surface area (Å²) in [6.07, 6.45) is 2.27. The Kier molecular flexibility index (Phi) is 12.4. The molecule has 6 heteroatoms. The second-order valence-corrected chi connectivity index (χ2v) is 23.4. The van der Waals surface area contributed by atoms with Gasteiger partial charge in [-0.05, 0) is 46.0 Å². The topological polar surface area (TPSA) is 41.9 Å². The zero-order chi connectivity index (χ0) is 31.7. The van der Waals surface area contributed by atoms with Crippen molar-refractivity contribution in [2.75, 3.05) is 26.4 Å². The normalized spacial score (nSPS) is 14.3. The van der Waals surface area contributed by atoms with E-state index in [0.29, 0.717) is 19.8 Å². The van der Waals surface area contributed by atoms with Crippen molar-refractivity contribution < 1.29 is 14.0 Å². The summed E-state index contributed by atoms with van der Waals surface area (Å²) in [5.74, 6) is 0. The highest BCUT2D eigenvalue weighted by Crippen LogP contribution is 2.38. The second kappa shape index (κ2) is 15.1. The number of aliphatic hydroxyl groups is 1. The second-order valence-electron chi connectivity index (χ2n) is 14.3. The van der Waals surface area contributed by atoms with Gasteiger partial charge in [-0.2, -0.15) is 0 Å². The predicted octanol–water partition coefficient (Wildman–Crippen LogP) is 7.39. The monoisotopic (exact) mass is 617 g/mol. The molecule has 0 radical (unpaired) electrons. The highest BCUT2D eigenvalue weighted by molar-refractivity contribution is 6.99. The van der Waals surface area contributed by atoms with Gasteiger partial charge in [0.25, 0.3) is 8.32 Å². The molecule has 0 saturated heterocycles. The molecule has 0 fully saturated rings. The van der Waals surface area contributed by atoms with Gasteiger partial charge in [0.2, 0.25) is 0 Å². The lowest BCUT2D eigenvalue weighted by Gasteiger charge is -2.44. The molecule has 0 heterocycles. The Morgan fingerprint density at radius 3 is 1.70 bits per heavy atom. The summed E-state index contributed by atoms with van der Waals surface area (Å²) in [6, 6.07) is 31.8. The number of benzene rings is 3. The smallest absolute Gasteiger partial charge is 0.261 e. The van der Waals surface area contributed by atoms with Gasteiger partial charge in [-0.3, -0.25) is 4.90 Å². The van der Waals surface area contributed by atoms with Crippen LogP contribution in [0.3, 0.4) is 0 Å². The average Bonchev–Trinajstić information content (AvgIpc) is 2.97. The van der Waals surface area contributed by atoms with Gasteiger partial charge in [0.05, 0.1) is 25.9 Å². The molecule has 1 N–H and O–H groups in total.